The number of methoxy groups -OCH3 is 2. The summed E-state index contributed by atoms with van der Waals surface area (Å²) in [6, 6.07) is 5.26. The quantitative estimate of drug-likeness (QED) is 0.790. The highest BCUT2D eigenvalue weighted by Gasteiger charge is 2.16. The van der Waals surface area contributed by atoms with Crippen LogP contribution in [0.4, 0.5) is 0 Å². The lowest BCUT2D eigenvalue weighted by atomic mass is 10.0. The molecule has 0 fully saturated rings. The van der Waals surface area contributed by atoms with Crippen molar-refractivity contribution in [1.82, 2.24) is 5.32 Å². The second kappa shape index (κ2) is 7.75. The fourth-order valence-corrected chi connectivity index (χ4v) is 1.79. The van der Waals surface area contributed by atoms with Gasteiger partial charge in [0.2, 0.25) is 5.91 Å². The van der Waals surface area contributed by atoms with Gasteiger partial charge in [0.05, 0.1) is 20.3 Å². The van der Waals surface area contributed by atoms with Crippen molar-refractivity contribution in [2.45, 2.75) is 26.3 Å². The average molecular weight is 280 g/mol. The number of carbonyl (C=O) groups excluding carboxylic acids is 1. The van der Waals surface area contributed by atoms with E-state index in [4.69, 9.17) is 15.2 Å². The largest absolute Gasteiger partial charge is 0.493 e. The van der Waals surface area contributed by atoms with Crippen LogP contribution in [0.25, 0.3) is 0 Å². The number of benzene rings is 1. The molecular formula is C15H24N2O3. The van der Waals surface area contributed by atoms with E-state index in [0.29, 0.717) is 18.0 Å². The van der Waals surface area contributed by atoms with Gasteiger partial charge in [-0.15, -0.1) is 0 Å². The molecular weight excluding hydrogens is 256 g/mol. The fraction of sp³-hybridized carbons (Fsp3) is 0.533. The number of nitrogens with one attached hydrogen (secondary N) is 1. The molecule has 112 valence electrons. The van der Waals surface area contributed by atoms with Crippen molar-refractivity contribution in [1.29, 1.82) is 0 Å². The maximum atomic E-state index is 11.7. The van der Waals surface area contributed by atoms with Crippen molar-refractivity contribution >= 4 is 5.91 Å². The Kier molecular flexibility index (Phi) is 6.31. The molecule has 0 radical (unpaired) electrons. The van der Waals surface area contributed by atoms with Gasteiger partial charge in [0.15, 0.2) is 11.5 Å². The van der Waals surface area contributed by atoms with Crippen LogP contribution >= 0.6 is 0 Å². The van der Waals surface area contributed by atoms with Crippen molar-refractivity contribution in [2.75, 3.05) is 20.8 Å². The predicted octanol–water partition coefficient (Wildman–Crippen LogP) is 1.35. The summed E-state index contributed by atoms with van der Waals surface area (Å²) in [5, 5.41) is 2.84. The van der Waals surface area contributed by atoms with Gasteiger partial charge in [0, 0.05) is 6.54 Å². The van der Waals surface area contributed by atoms with Gasteiger partial charge in [0.1, 0.15) is 0 Å². The van der Waals surface area contributed by atoms with Crippen LogP contribution in [0.3, 0.4) is 0 Å². The lowest BCUT2D eigenvalue weighted by Crippen LogP contribution is -2.44. The SMILES string of the molecule is COc1ccc(CCNC(=O)[C@@H](N)C(C)C)cc1OC. The van der Waals surface area contributed by atoms with Crippen molar-refractivity contribution in [3.63, 3.8) is 0 Å². The molecule has 1 amide bonds. The number of carbonyl (C=O) groups is 1. The number of hydrogen-bond donors (Lipinski definition) is 2. The van der Waals surface area contributed by atoms with Gasteiger partial charge >= 0.3 is 0 Å². The van der Waals surface area contributed by atoms with Crippen LogP contribution in [0.15, 0.2) is 18.2 Å². The molecule has 0 aliphatic rings. The molecule has 1 rings (SSSR count). The Balaban J connectivity index is 2.52. The summed E-state index contributed by atoms with van der Waals surface area (Å²) in [6.07, 6.45) is 0.719. The maximum absolute atomic E-state index is 11.7. The van der Waals surface area contributed by atoms with E-state index in [2.05, 4.69) is 5.32 Å². The minimum atomic E-state index is -0.458. The monoisotopic (exact) mass is 280 g/mol. The van der Waals surface area contributed by atoms with Crippen molar-refractivity contribution < 1.29 is 14.3 Å². The van der Waals surface area contributed by atoms with E-state index in [9.17, 15) is 4.79 Å². The molecule has 3 N–H and O–H groups in total. The lowest BCUT2D eigenvalue weighted by Gasteiger charge is -2.15. The lowest BCUT2D eigenvalue weighted by molar-refractivity contribution is -0.123. The van der Waals surface area contributed by atoms with Crippen molar-refractivity contribution in [2.24, 2.45) is 11.7 Å². The molecule has 0 spiro atoms. The van der Waals surface area contributed by atoms with Gasteiger partial charge in [0.25, 0.3) is 0 Å². The molecule has 0 aromatic heterocycles. The van der Waals surface area contributed by atoms with Crippen LogP contribution < -0.4 is 20.5 Å². The zero-order valence-electron chi connectivity index (χ0n) is 12.6. The van der Waals surface area contributed by atoms with Crippen LogP contribution in [0.5, 0.6) is 11.5 Å². The average Bonchev–Trinajstić information content (AvgIpc) is 2.45. The van der Waals surface area contributed by atoms with E-state index in [-0.39, 0.29) is 11.8 Å². The summed E-state index contributed by atoms with van der Waals surface area (Å²) in [4.78, 5) is 11.7. The zero-order chi connectivity index (χ0) is 15.1. The third-order valence-corrected chi connectivity index (χ3v) is 3.18. The summed E-state index contributed by atoms with van der Waals surface area (Å²) in [7, 11) is 3.20. The first-order valence-electron chi connectivity index (χ1n) is 6.73. The van der Waals surface area contributed by atoms with Gasteiger partial charge in [-0.25, -0.2) is 0 Å². The number of nitrogens with two attached hydrogens (primary N) is 1. The molecule has 1 aromatic carbocycles. The summed E-state index contributed by atoms with van der Waals surface area (Å²) in [5.74, 6) is 1.41. The van der Waals surface area contributed by atoms with Crippen LogP contribution in [0.2, 0.25) is 0 Å². The highest BCUT2D eigenvalue weighted by molar-refractivity contribution is 5.81. The molecule has 0 heterocycles. The summed E-state index contributed by atoms with van der Waals surface area (Å²) < 4.78 is 10.4. The third-order valence-electron chi connectivity index (χ3n) is 3.18. The van der Waals surface area contributed by atoms with E-state index in [1.165, 1.54) is 0 Å². The molecule has 0 unspecified atom stereocenters. The number of hydrogen-bond acceptors (Lipinski definition) is 4. The first-order chi connectivity index (χ1) is 9.49. The Morgan fingerprint density at radius 3 is 2.45 bits per heavy atom. The molecule has 0 aliphatic carbocycles. The fourth-order valence-electron chi connectivity index (χ4n) is 1.79. The molecule has 0 aliphatic heterocycles. The van der Waals surface area contributed by atoms with E-state index in [1.807, 2.05) is 32.0 Å². The van der Waals surface area contributed by atoms with Gasteiger partial charge in [-0.2, -0.15) is 0 Å². The van der Waals surface area contributed by atoms with Crippen LogP contribution in [-0.4, -0.2) is 32.7 Å². The van der Waals surface area contributed by atoms with Gasteiger partial charge in [-0.1, -0.05) is 19.9 Å². The highest BCUT2D eigenvalue weighted by Crippen LogP contribution is 2.27. The maximum Gasteiger partial charge on any atom is 0.237 e. The second-order valence-electron chi connectivity index (χ2n) is 5.00. The molecule has 20 heavy (non-hydrogen) atoms. The highest BCUT2D eigenvalue weighted by atomic mass is 16.5. The first-order valence-corrected chi connectivity index (χ1v) is 6.73. The van der Waals surface area contributed by atoms with Crippen LogP contribution in [0, 0.1) is 5.92 Å². The Labute approximate surface area is 120 Å². The van der Waals surface area contributed by atoms with Crippen LogP contribution in [-0.2, 0) is 11.2 Å². The Bertz CT molecular complexity index is 447. The summed E-state index contributed by atoms with van der Waals surface area (Å²) in [5.41, 5.74) is 6.84. The normalized spacial score (nSPS) is 12.1. The molecule has 5 nitrogen and oxygen atoms in total. The minimum absolute atomic E-state index is 0.111. The zero-order valence-corrected chi connectivity index (χ0v) is 12.6. The Morgan fingerprint density at radius 2 is 1.90 bits per heavy atom. The van der Waals surface area contributed by atoms with Gasteiger partial charge in [-0.05, 0) is 30.0 Å². The van der Waals surface area contributed by atoms with Crippen LogP contribution in [0.1, 0.15) is 19.4 Å². The van der Waals surface area contributed by atoms with E-state index in [0.717, 1.165) is 12.0 Å². The van der Waals surface area contributed by atoms with Gasteiger partial charge < -0.3 is 20.5 Å². The van der Waals surface area contributed by atoms with Gasteiger partial charge in [-0.3, -0.25) is 4.79 Å². The molecule has 5 heteroatoms. The first kappa shape index (κ1) is 16.3. The van der Waals surface area contributed by atoms with Crippen molar-refractivity contribution in [3.8, 4) is 11.5 Å². The molecule has 0 saturated heterocycles. The topological polar surface area (TPSA) is 73.6 Å². The standard InChI is InChI=1S/C15H24N2O3/c1-10(2)14(16)15(18)17-8-7-11-5-6-12(19-3)13(9-11)20-4/h5-6,9-10,14H,7-8,16H2,1-4H3,(H,17,18)/t14-/m0/s1. The third kappa shape index (κ3) is 4.42. The predicted molar refractivity (Wildman–Crippen MR) is 79.1 cm³/mol. The van der Waals surface area contributed by atoms with Crippen molar-refractivity contribution in [3.05, 3.63) is 23.8 Å². The number of amides is 1. The Hall–Kier alpha value is -1.75. The minimum Gasteiger partial charge on any atom is -0.493 e. The number of rotatable bonds is 7. The second-order valence-corrected chi connectivity index (χ2v) is 5.00. The smallest absolute Gasteiger partial charge is 0.237 e. The summed E-state index contributed by atoms with van der Waals surface area (Å²) >= 11 is 0. The molecule has 0 saturated carbocycles. The molecule has 0 bridgehead atoms. The van der Waals surface area contributed by atoms with E-state index in [1.54, 1.807) is 14.2 Å². The molecule has 1 aromatic rings. The Morgan fingerprint density at radius 1 is 1.25 bits per heavy atom. The van der Waals surface area contributed by atoms with E-state index < -0.39 is 6.04 Å². The number of ether oxygens (including phenoxy) is 2. The molecule has 1 atom stereocenters. The van der Waals surface area contributed by atoms with E-state index >= 15 is 0 Å². The summed E-state index contributed by atoms with van der Waals surface area (Å²) in [6.45, 7) is 4.41.